The summed E-state index contributed by atoms with van der Waals surface area (Å²) < 4.78 is 12.8. The van der Waals surface area contributed by atoms with Crippen LogP contribution in [0.4, 0.5) is 0 Å². The molecule has 0 N–H and O–H groups in total. The molecule has 2 aromatic heterocycles. The second kappa shape index (κ2) is 6.29. The van der Waals surface area contributed by atoms with E-state index in [0.717, 1.165) is 10.9 Å². The summed E-state index contributed by atoms with van der Waals surface area (Å²) in [7, 11) is 0. The maximum absolute atomic E-state index is 12.8. The van der Waals surface area contributed by atoms with Crippen LogP contribution in [0.15, 0.2) is 35.0 Å². The molecule has 25 heavy (non-hydrogen) atoms. The van der Waals surface area contributed by atoms with Crippen LogP contribution in [0.25, 0.3) is 10.9 Å². The first-order chi connectivity index (χ1) is 12.1. The van der Waals surface area contributed by atoms with Crippen LogP contribution in [0.1, 0.15) is 24.7 Å². The number of fused-ring (bicyclic) bond motifs is 1. The summed E-state index contributed by atoms with van der Waals surface area (Å²) in [4.78, 5) is 18.8. The fraction of sp³-hybridized carbons (Fsp3) is 0.412. The number of aryl methyl sites for hydroxylation is 1. The van der Waals surface area contributed by atoms with Gasteiger partial charge in [0.1, 0.15) is 6.54 Å². The summed E-state index contributed by atoms with van der Waals surface area (Å²) in [6.45, 7) is 4.80. The van der Waals surface area contributed by atoms with E-state index in [1.807, 2.05) is 31.2 Å². The molecule has 0 spiro atoms. The molecule has 0 bridgehead atoms. The molecule has 1 fully saturated rings. The molecule has 1 saturated heterocycles. The molecule has 0 unspecified atom stereocenters. The molecule has 1 aliphatic rings. The van der Waals surface area contributed by atoms with E-state index in [1.165, 1.54) is 0 Å². The number of benzene rings is 1. The Morgan fingerprint density at radius 1 is 1.32 bits per heavy atom. The summed E-state index contributed by atoms with van der Waals surface area (Å²) in [5.41, 5.74) is 0.946. The van der Waals surface area contributed by atoms with Gasteiger partial charge in [-0.2, -0.15) is 10.1 Å². The van der Waals surface area contributed by atoms with Crippen LogP contribution in [0.2, 0.25) is 0 Å². The van der Waals surface area contributed by atoms with Gasteiger partial charge < -0.3 is 14.2 Å². The van der Waals surface area contributed by atoms with E-state index in [2.05, 4.69) is 15.2 Å². The second-order valence-corrected chi connectivity index (χ2v) is 6.27. The van der Waals surface area contributed by atoms with E-state index >= 15 is 0 Å². The lowest BCUT2D eigenvalue weighted by atomic mass is 10.2. The van der Waals surface area contributed by atoms with Crippen molar-refractivity contribution in [3.8, 4) is 0 Å². The van der Waals surface area contributed by atoms with Crippen LogP contribution < -0.4 is 0 Å². The highest BCUT2D eigenvalue weighted by Gasteiger charge is 2.32. The minimum atomic E-state index is -0.400. The van der Waals surface area contributed by atoms with Crippen LogP contribution in [0.5, 0.6) is 0 Å². The van der Waals surface area contributed by atoms with Crippen LogP contribution in [-0.4, -0.2) is 49.9 Å². The molecule has 8 heteroatoms. The molecule has 8 nitrogen and oxygen atoms in total. The SMILES string of the molecule is Cc1noc([C@H]2CN(C(=O)Cn3ncc4ccccc43)C[C@@H](C)O2)n1. The number of carbonyl (C=O) groups is 1. The van der Waals surface area contributed by atoms with Crippen LogP contribution >= 0.6 is 0 Å². The Labute approximate surface area is 144 Å². The van der Waals surface area contributed by atoms with Crippen molar-refractivity contribution in [2.24, 2.45) is 0 Å². The van der Waals surface area contributed by atoms with Gasteiger partial charge in [0.25, 0.3) is 5.89 Å². The first-order valence-electron chi connectivity index (χ1n) is 8.24. The second-order valence-electron chi connectivity index (χ2n) is 6.27. The van der Waals surface area contributed by atoms with Crippen molar-refractivity contribution in [2.75, 3.05) is 13.1 Å². The first-order valence-corrected chi connectivity index (χ1v) is 8.24. The van der Waals surface area contributed by atoms with Crippen molar-refractivity contribution < 1.29 is 14.1 Å². The van der Waals surface area contributed by atoms with Gasteiger partial charge in [-0.1, -0.05) is 23.4 Å². The summed E-state index contributed by atoms with van der Waals surface area (Å²) in [6, 6.07) is 7.84. The molecule has 0 aliphatic carbocycles. The fourth-order valence-electron chi connectivity index (χ4n) is 3.12. The summed E-state index contributed by atoms with van der Waals surface area (Å²) >= 11 is 0. The van der Waals surface area contributed by atoms with Crippen LogP contribution in [-0.2, 0) is 16.1 Å². The number of hydrogen-bond acceptors (Lipinski definition) is 6. The normalized spacial score (nSPS) is 21.0. The average molecular weight is 341 g/mol. The number of hydrogen-bond donors (Lipinski definition) is 0. The van der Waals surface area contributed by atoms with E-state index in [0.29, 0.717) is 24.8 Å². The summed E-state index contributed by atoms with van der Waals surface area (Å²) in [6.07, 6.45) is 1.27. The standard InChI is InChI=1S/C17H19N5O3/c1-11-8-21(9-15(24-11)17-19-12(2)20-25-17)16(23)10-22-14-6-4-3-5-13(14)7-18-22/h3-7,11,15H,8-10H2,1-2H3/t11-,15-/m1/s1. The summed E-state index contributed by atoms with van der Waals surface area (Å²) in [5.74, 6) is 0.953. The highest BCUT2D eigenvalue weighted by Crippen LogP contribution is 2.24. The average Bonchev–Trinajstić information content (AvgIpc) is 3.21. The third kappa shape index (κ3) is 3.12. The zero-order valence-corrected chi connectivity index (χ0v) is 14.1. The van der Waals surface area contributed by atoms with E-state index in [1.54, 1.807) is 22.7 Å². The lowest BCUT2D eigenvalue weighted by molar-refractivity contribution is -0.147. The topological polar surface area (TPSA) is 86.3 Å². The van der Waals surface area contributed by atoms with Crippen molar-refractivity contribution in [2.45, 2.75) is 32.6 Å². The van der Waals surface area contributed by atoms with Crippen molar-refractivity contribution >= 4 is 16.8 Å². The first kappa shape index (κ1) is 15.8. The molecule has 4 rings (SSSR count). The van der Waals surface area contributed by atoms with Gasteiger partial charge in [-0.05, 0) is 19.9 Å². The number of ether oxygens (including phenoxy) is 1. The molecule has 1 aromatic carbocycles. The molecule has 1 amide bonds. The summed E-state index contributed by atoms with van der Waals surface area (Å²) in [5, 5.41) is 9.14. The molecule has 0 saturated carbocycles. The Bertz CT molecular complexity index is 902. The molecule has 2 atom stereocenters. The quantitative estimate of drug-likeness (QED) is 0.721. The molecule has 130 valence electrons. The Balaban J connectivity index is 1.51. The van der Waals surface area contributed by atoms with Gasteiger partial charge >= 0.3 is 0 Å². The van der Waals surface area contributed by atoms with Crippen molar-refractivity contribution in [1.29, 1.82) is 0 Å². The minimum Gasteiger partial charge on any atom is -0.362 e. The zero-order chi connectivity index (χ0) is 17.4. The number of nitrogens with zero attached hydrogens (tertiary/aromatic N) is 5. The molecule has 3 aromatic rings. The van der Waals surface area contributed by atoms with Crippen molar-refractivity contribution in [3.05, 3.63) is 42.2 Å². The molecule has 3 heterocycles. The zero-order valence-electron chi connectivity index (χ0n) is 14.1. The number of para-hydroxylation sites is 1. The number of morpholine rings is 1. The maximum Gasteiger partial charge on any atom is 0.257 e. The molecule has 0 radical (unpaired) electrons. The van der Waals surface area contributed by atoms with Gasteiger partial charge in [-0.3, -0.25) is 9.48 Å². The van der Waals surface area contributed by atoms with Gasteiger partial charge in [0.2, 0.25) is 5.91 Å². The highest BCUT2D eigenvalue weighted by molar-refractivity contribution is 5.82. The predicted octanol–water partition coefficient (Wildman–Crippen LogP) is 1.72. The predicted molar refractivity (Wildman–Crippen MR) is 88.6 cm³/mol. The Hall–Kier alpha value is -2.74. The number of aromatic nitrogens is 4. The molecule has 1 aliphatic heterocycles. The number of rotatable bonds is 3. The van der Waals surface area contributed by atoms with Gasteiger partial charge in [0.15, 0.2) is 11.9 Å². The molecular weight excluding hydrogens is 322 g/mol. The van der Waals surface area contributed by atoms with Gasteiger partial charge in [-0.15, -0.1) is 0 Å². The monoisotopic (exact) mass is 341 g/mol. The van der Waals surface area contributed by atoms with E-state index in [9.17, 15) is 4.79 Å². The highest BCUT2D eigenvalue weighted by atomic mass is 16.5. The minimum absolute atomic E-state index is 0.00904. The smallest absolute Gasteiger partial charge is 0.257 e. The van der Waals surface area contributed by atoms with Crippen molar-refractivity contribution in [3.63, 3.8) is 0 Å². The van der Waals surface area contributed by atoms with Gasteiger partial charge in [0.05, 0.1) is 24.4 Å². The largest absolute Gasteiger partial charge is 0.362 e. The van der Waals surface area contributed by atoms with Gasteiger partial charge in [0, 0.05) is 11.9 Å². The van der Waals surface area contributed by atoms with Crippen LogP contribution in [0, 0.1) is 6.92 Å². The Kier molecular flexibility index (Phi) is 3.96. The Morgan fingerprint density at radius 2 is 2.16 bits per heavy atom. The fourth-order valence-corrected chi connectivity index (χ4v) is 3.12. The van der Waals surface area contributed by atoms with Gasteiger partial charge in [-0.25, -0.2) is 0 Å². The molecular formula is C17H19N5O3. The Morgan fingerprint density at radius 3 is 2.96 bits per heavy atom. The van der Waals surface area contributed by atoms with E-state index in [4.69, 9.17) is 9.26 Å². The lowest BCUT2D eigenvalue weighted by Gasteiger charge is -2.35. The van der Waals surface area contributed by atoms with E-state index < -0.39 is 6.10 Å². The lowest BCUT2D eigenvalue weighted by Crippen LogP contribution is -2.47. The van der Waals surface area contributed by atoms with Crippen molar-refractivity contribution in [1.82, 2.24) is 24.8 Å². The van der Waals surface area contributed by atoms with E-state index in [-0.39, 0.29) is 18.6 Å². The van der Waals surface area contributed by atoms with Crippen LogP contribution in [0.3, 0.4) is 0 Å². The third-order valence-corrected chi connectivity index (χ3v) is 4.27. The number of carbonyl (C=O) groups excluding carboxylic acids is 1. The third-order valence-electron chi connectivity index (χ3n) is 4.27. The number of amides is 1. The maximum atomic E-state index is 12.8.